The lowest BCUT2D eigenvalue weighted by Crippen LogP contribution is -2.47. The lowest BCUT2D eigenvalue weighted by molar-refractivity contribution is -0.384. The van der Waals surface area contributed by atoms with Gasteiger partial charge in [-0.05, 0) is 48.6 Å². The summed E-state index contributed by atoms with van der Waals surface area (Å²) in [5.41, 5.74) is 0.808. The van der Waals surface area contributed by atoms with Crippen molar-refractivity contribution in [3.63, 3.8) is 0 Å². The number of carbonyl (C=O) groups excluding carboxylic acids is 2. The number of rotatable bonds is 10. The Labute approximate surface area is 172 Å². The van der Waals surface area contributed by atoms with Crippen molar-refractivity contribution in [2.24, 2.45) is 0 Å². The van der Waals surface area contributed by atoms with Gasteiger partial charge in [-0.3, -0.25) is 19.7 Å². The van der Waals surface area contributed by atoms with Crippen molar-refractivity contribution >= 4 is 29.3 Å². The molecule has 154 valence electrons. The minimum absolute atomic E-state index is 0.118. The van der Waals surface area contributed by atoms with E-state index in [1.807, 2.05) is 6.26 Å². The Morgan fingerprint density at radius 1 is 1.21 bits per heavy atom. The first-order chi connectivity index (χ1) is 13.9. The van der Waals surface area contributed by atoms with Crippen LogP contribution in [-0.2, 0) is 11.2 Å². The normalized spacial score (nSPS) is 11.5. The molecule has 2 aromatic carbocycles. The lowest BCUT2D eigenvalue weighted by Gasteiger charge is -2.18. The number of nitrogens with zero attached hydrogens (tertiary/aromatic N) is 1. The monoisotopic (exact) mass is 419 g/mol. The molecule has 29 heavy (non-hydrogen) atoms. The van der Waals surface area contributed by atoms with Gasteiger partial charge in [0.05, 0.1) is 4.92 Å². The number of carbonyl (C=O) groups is 2. The Balaban J connectivity index is 1.97. The average Bonchev–Trinajstić information content (AvgIpc) is 2.72. The number of nitro benzene ring substituents is 1. The predicted octanol–water partition coefficient (Wildman–Crippen LogP) is 2.94. The number of halogens is 1. The van der Waals surface area contributed by atoms with Crippen molar-refractivity contribution in [3.8, 4) is 0 Å². The van der Waals surface area contributed by atoms with Gasteiger partial charge in [0.2, 0.25) is 5.91 Å². The van der Waals surface area contributed by atoms with Crippen molar-refractivity contribution in [2.45, 2.75) is 18.9 Å². The fourth-order valence-electron chi connectivity index (χ4n) is 2.61. The Morgan fingerprint density at radius 2 is 1.93 bits per heavy atom. The number of amides is 2. The molecule has 0 saturated heterocycles. The zero-order chi connectivity index (χ0) is 21.2. The highest BCUT2D eigenvalue weighted by Crippen LogP contribution is 2.13. The molecule has 0 aliphatic heterocycles. The molecule has 2 rings (SSSR count). The van der Waals surface area contributed by atoms with Crippen LogP contribution < -0.4 is 10.6 Å². The summed E-state index contributed by atoms with van der Waals surface area (Å²) >= 11 is 1.54. The van der Waals surface area contributed by atoms with Gasteiger partial charge in [-0.1, -0.05) is 18.2 Å². The number of non-ortho nitro benzene ring substituents is 1. The highest BCUT2D eigenvalue weighted by Gasteiger charge is 2.21. The molecule has 0 spiro atoms. The van der Waals surface area contributed by atoms with Crippen LogP contribution in [0.3, 0.4) is 0 Å². The van der Waals surface area contributed by atoms with Crippen LogP contribution in [-0.4, -0.2) is 41.3 Å². The molecule has 0 bridgehead atoms. The van der Waals surface area contributed by atoms with E-state index in [1.54, 1.807) is 23.9 Å². The van der Waals surface area contributed by atoms with E-state index in [1.165, 1.54) is 36.4 Å². The molecule has 0 heterocycles. The SMILES string of the molecule is CSCC[C@@H](NC(=O)c1cccc([N+](=O)[O-])c1)C(=O)NCCc1ccc(F)cc1. The van der Waals surface area contributed by atoms with Gasteiger partial charge in [0.15, 0.2) is 0 Å². The number of hydrogen-bond donors (Lipinski definition) is 2. The Kier molecular flexibility index (Phi) is 8.60. The third-order valence-electron chi connectivity index (χ3n) is 4.18. The molecule has 1 atom stereocenters. The molecular weight excluding hydrogens is 397 g/mol. The predicted molar refractivity (Wildman–Crippen MR) is 110 cm³/mol. The standard InChI is InChI=1S/C20H22FN3O4S/c1-29-12-10-18(20(26)22-11-9-14-5-7-16(21)8-6-14)23-19(25)15-3-2-4-17(13-15)24(27)28/h2-8,13,18H,9-12H2,1H3,(H,22,26)(H,23,25)/t18-/m1/s1. The van der Waals surface area contributed by atoms with Gasteiger partial charge in [-0.2, -0.15) is 11.8 Å². The second-order valence-electron chi connectivity index (χ2n) is 6.28. The van der Waals surface area contributed by atoms with Crippen molar-refractivity contribution < 1.29 is 18.9 Å². The van der Waals surface area contributed by atoms with Gasteiger partial charge in [0, 0.05) is 24.2 Å². The third-order valence-corrected chi connectivity index (χ3v) is 4.82. The minimum Gasteiger partial charge on any atom is -0.354 e. The summed E-state index contributed by atoms with van der Waals surface area (Å²) in [6, 6.07) is 10.6. The van der Waals surface area contributed by atoms with Crippen LogP contribution in [0.1, 0.15) is 22.3 Å². The molecule has 7 nitrogen and oxygen atoms in total. The van der Waals surface area contributed by atoms with E-state index in [4.69, 9.17) is 0 Å². The summed E-state index contributed by atoms with van der Waals surface area (Å²) in [7, 11) is 0. The van der Waals surface area contributed by atoms with Crippen LogP contribution in [0.5, 0.6) is 0 Å². The van der Waals surface area contributed by atoms with Gasteiger partial charge in [-0.15, -0.1) is 0 Å². The molecule has 0 fully saturated rings. The van der Waals surface area contributed by atoms with Crippen LogP contribution in [0.15, 0.2) is 48.5 Å². The molecule has 0 aliphatic carbocycles. The maximum absolute atomic E-state index is 12.9. The van der Waals surface area contributed by atoms with Crippen LogP contribution in [0.2, 0.25) is 0 Å². The molecule has 9 heteroatoms. The number of benzene rings is 2. The van der Waals surface area contributed by atoms with E-state index >= 15 is 0 Å². The van der Waals surface area contributed by atoms with E-state index in [9.17, 15) is 24.1 Å². The van der Waals surface area contributed by atoms with Gasteiger partial charge in [0.25, 0.3) is 11.6 Å². The van der Waals surface area contributed by atoms with Crippen molar-refractivity contribution in [1.82, 2.24) is 10.6 Å². The largest absolute Gasteiger partial charge is 0.354 e. The van der Waals surface area contributed by atoms with Gasteiger partial charge in [-0.25, -0.2) is 4.39 Å². The fraction of sp³-hybridized carbons (Fsp3) is 0.300. The molecule has 0 radical (unpaired) electrons. The molecule has 2 aromatic rings. The first-order valence-electron chi connectivity index (χ1n) is 8.97. The summed E-state index contributed by atoms with van der Waals surface area (Å²) in [5.74, 6) is -0.544. The lowest BCUT2D eigenvalue weighted by atomic mass is 10.1. The van der Waals surface area contributed by atoms with E-state index in [2.05, 4.69) is 10.6 Å². The summed E-state index contributed by atoms with van der Waals surface area (Å²) in [6.45, 7) is 0.340. The van der Waals surface area contributed by atoms with Gasteiger partial charge >= 0.3 is 0 Å². The summed E-state index contributed by atoms with van der Waals surface area (Å²) < 4.78 is 12.9. The summed E-state index contributed by atoms with van der Waals surface area (Å²) in [4.78, 5) is 35.3. The van der Waals surface area contributed by atoms with E-state index in [0.29, 0.717) is 25.1 Å². The van der Waals surface area contributed by atoms with Gasteiger partial charge in [0.1, 0.15) is 11.9 Å². The molecular formula is C20H22FN3O4S. The average molecular weight is 419 g/mol. The smallest absolute Gasteiger partial charge is 0.270 e. The van der Waals surface area contributed by atoms with Crippen molar-refractivity contribution in [1.29, 1.82) is 0 Å². The molecule has 2 N–H and O–H groups in total. The van der Waals surface area contributed by atoms with Crippen LogP contribution in [0.4, 0.5) is 10.1 Å². The number of nitro groups is 1. The maximum atomic E-state index is 12.9. The molecule has 0 aromatic heterocycles. The van der Waals surface area contributed by atoms with E-state index in [0.717, 1.165) is 5.56 Å². The maximum Gasteiger partial charge on any atom is 0.270 e. The van der Waals surface area contributed by atoms with E-state index in [-0.39, 0.29) is 23.0 Å². The highest BCUT2D eigenvalue weighted by atomic mass is 32.2. The molecule has 0 unspecified atom stereocenters. The topological polar surface area (TPSA) is 101 Å². The van der Waals surface area contributed by atoms with Crippen molar-refractivity contribution in [3.05, 3.63) is 75.6 Å². The summed E-state index contributed by atoms with van der Waals surface area (Å²) in [6.07, 6.45) is 2.84. The third kappa shape index (κ3) is 7.19. The zero-order valence-electron chi connectivity index (χ0n) is 15.9. The van der Waals surface area contributed by atoms with Crippen molar-refractivity contribution in [2.75, 3.05) is 18.6 Å². The highest BCUT2D eigenvalue weighted by molar-refractivity contribution is 7.98. The minimum atomic E-state index is -0.762. The molecule has 0 saturated carbocycles. The summed E-state index contributed by atoms with van der Waals surface area (Å²) in [5, 5.41) is 16.3. The first-order valence-corrected chi connectivity index (χ1v) is 10.4. The Morgan fingerprint density at radius 3 is 2.59 bits per heavy atom. The Bertz CT molecular complexity index is 861. The molecule has 2 amide bonds. The van der Waals surface area contributed by atoms with E-state index < -0.39 is 16.9 Å². The fourth-order valence-corrected chi connectivity index (χ4v) is 3.08. The van der Waals surface area contributed by atoms with Crippen LogP contribution >= 0.6 is 11.8 Å². The van der Waals surface area contributed by atoms with Gasteiger partial charge < -0.3 is 10.6 Å². The number of thioether (sulfide) groups is 1. The number of nitrogens with one attached hydrogen (secondary N) is 2. The molecule has 0 aliphatic rings. The Hall–Kier alpha value is -2.94. The second-order valence-corrected chi connectivity index (χ2v) is 7.27. The van der Waals surface area contributed by atoms with Crippen LogP contribution in [0, 0.1) is 15.9 Å². The second kappa shape index (κ2) is 11.2. The zero-order valence-corrected chi connectivity index (χ0v) is 16.7. The first kappa shape index (κ1) is 22.4. The quantitative estimate of drug-likeness (QED) is 0.455. The van der Waals surface area contributed by atoms with Crippen LogP contribution in [0.25, 0.3) is 0 Å². The number of hydrogen-bond acceptors (Lipinski definition) is 5.